The number of carbonyl (C=O) groups is 3. The first kappa shape index (κ1) is 22.6. The van der Waals surface area contributed by atoms with Gasteiger partial charge in [0.1, 0.15) is 5.78 Å². The van der Waals surface area contributed by atoms with Crippen molar-refractivity contribution >= 4 is 17.7 Å². The van der Waals surface area contributed by atoms with Gasteiger partial charge in [0.2, 0.25) is 5.91 Å². The molecule has 2 aliphatic rings. The van der Waals surface area contributed by atoms with Crippen molar-refractivity contribution in [3.05, 3.63) is 11.6 Å². The number of nitrogens with zero attached hydrogens (tertiary/aromatic N) is 4. The van der Waals surface area contributed by atoms with Crippen molar-refractivity contribution in [3.8, 4) is 0 Å². The van der Waals surface area contributed by atoms with Crippen LogP contribution < -0.4 is 0 Å². The minimum Gasteiger partial charge on any atom is -0.326 e. The summed E-state index contributed by atoms with van der Waals surface area (Å²) in [6.45, 7) is 10.2. The summed E-state index contributed by atoms with van der Waals surface area (Å²) in [5.74, 6) is -0.302. The van der Waals surface area contributed by atoms with Crippen LogP contribution >= 0.6 is 0 Å². The van der Waals surface area contributed by atoms with Crippen LogP contribution in [0, 0.1) is 5.92 Å². The van der Waals surface area contributed by atoms with E-state index in [0.29, 0.717) is 32.5 Å². The lowest BCUT2D eigenvalue weighted by Crippen LogP contribution is -2.52. The summed E-state index contributed by atoms with van der Waals surface area (Å²) in [7, 11) is 3.76. The number of urea groups is 1. The zero-order valence-corrected chi connectivity index (χ0v) is 18.1. The topological polar surface area (TPSA) is 64.2 Å². The highest BCUT2D eigenvalue weighted by molar-refractivity contribution is 5.96. The number of hydrogen-bond donors (Lipinski definition) is 0. The Morgan fingerprint density at radius 1 is 1.14 bits per heavy atom. The van der Waals surface area contributed by atoms with E-state index in [1.54, 1.807) is 11.9 Å². The molecule has 7 nitrogen and oxygen atoms in total. The summed E-state index contributed by atoms with van der Waals surface area (Å²) in [4.78, 5) is 45.3. The van der Waals surface area contributed by atoms with E-state index in [2.05, 4.69) is 23.6 Å². The van der Waals surface area contributed by atoms with Crippen molar-refractivity contribution in [1.29, 1.82) is 0 Å². The summed E-state index contributed by atoms with van der Waals surface area (Å²) in [6, 6.07) is 0.00632. The van der Waals surface area contributed by atoms with Crippen LogP contribution in [0.5, 0.6) is 0 Å². The molecule has 0 radical (unpaired) electrons. The zero-order chi connectivity index (χ0) is 20.8. The Bertz CT molecular complexity index is 615. The van der Waals surface area contributed by atoms with Crippen LogP contribution in [0.15, 0.2) is 11.6 Å². The van der Waals surface area contributed by atoms with Crippen LogP contribution in [0.3, 0.4) is 0 Å². The molecule has 0 spiro atoms. The van der Waals surface area contributed by atoms with E-state index in [-0.39, 0.29) is 29.7 Å². The zero-order valence-electron chi connectivity index (χ0n) is 18.1. The Kier molecular flexibility index (Phi) is 8.19. The summed E-state index contributed by atoms with van der Waals surface area (Å²) in [5.41, 5.74) is 1.04. The molecular weight excluding hydrogens is 356 g/mol. The number of fused-ring (bicyclic) bond motifs is 1. The number of ketones is 1. The van der Waals surface area contributed by atoms with E-state index >= 15 is 0 Å². The summed E-state index contributed by atoms with van der Waals surface area (Å²) >= 11 is 0. The maximum Gasteiger partial charge on any atom is 0.326 e. The van der Waals surface area contributed by atoms with Crippen molar-refractivity contribution < 1.29 is 14.4 Å². The van der Waals surface area contributed by atoms with Crippen molar-refractivity contribution in [1.82, 2.24) is 19.6 Å². The third kappa shape index (κ3) is 5.20. The third-order valence-electron chi connectivity index (χ3n) is 6.06. The number of amides is 3. The lowest BCUT2D eigenvalue weighted by atomic mass is 9.82. The second kappa shape index (κ2) is 10.2. The largest absolute Gasteiger partial charge is 0.326 e. The second-order valence-corrected chi connectivity index (χ2v) is 7.87. The van der Waals surface area contributed by atoms with Gasteiger partial charge < -0.3 is 9.80 Å². The summed E-state index contributed by atoms with van der Waals surface area (Å²) < 4.78 is 0. The van der Waals surface area contributed by atoms with Crippen molar-refractivity contribution in [2.24, 2.45) is 5.92 Å². The summed E-state index contributed by atoms with van der Waals surface area (Å²) in [6.07, 6.45) is 3.83. The van der Waals surface area contributed by atoms with Gasteiger partial charge in [0.15, 0.2) is 0 Å². The first-order valence-electron chi connectivity index (χ1n) is 10.5. The number of likely N-dealkylation sites (N-methyl/N-ethyl adjacent to an activating group) is 3. The molecule has 2 atom stereocenters. The van der Waals surface area contributed by atoms with E-state index in [1.807, 2.05) is 20.0 Å². The molecule has 1 saturated carbocycles. The Labute approximate surface area is 169 Å². The van der Waals surface area contributed by atoms with Crippen LogP contribution in [0.2, 0.25) is 0 Å². The molecule has 1 aliphatic carbocycles. The van der Waals surface area contributed by atoms with Crippen LogP contribution in [0.25, 0.3) is 0 Å². The van der Waals surface area contributed by atoms with Crippen LogP contribution in [-0.2, 0) is 9.59 Å². The van der Waals surface area contributed by atoms with E-state index in [1.165, 1.54) is 4.90 Å². The third-order valence-corrected chi connectivity index (χ3v) is 6.06. The number of Topliss-reactive ketones (excluding diaryl/α,β-unsaturated/α-hetero) is 1. The molecule has 7 heteroatoms. The molecule has 28 heavy (non-hydrogen) atoms. The van der Waals surface area contributed by atoms with Gasteiger partial charge in [0.05, 0.1) is 5.92 Å². The number of imide groups is 1. The van der Waals surface area contributed by atoms with Gasteiger partial charge in [-0.15, -0.1) is 0 Å². The van der Waals surface area contributed by atoms with E-state index in [4.69, 9.17) is 0 Å². The molecule has 0 saturated heterocycles. The molecule has 0 aromatic rings. The monoisotopic (exact) mass is 392 g/mol. The average Bonchev–Trinajstić information content (AvgIpc) is 2.68. The average molecular weight is 393 g/mol. The minimum atomic E-state index is -0.373. The Hall–Kier alpha value is -1.73. The highest BCUT2D eigenvalue weighted by Gasteiger charge is 2.37. The molecule has 0 unspecified atom stereocenters. The first-order chi connectivity index (χ1) is 13.3. The SMILES string of the molecule is CCN(CC)CCN(C)C(=O)N(CC)C(=O)[C@@H]1C=C2CC(=O)CC[C@H]2N(C)C1. The number of hydrogen-bond acceptors (Lipinski definition) is 5. The van der Waals surface area contributed by atoms with Crippen molar-refractivity contribution in [2.45, 2.75) is 46.1 Å². The molecule has 1 aliphatic heterocycles. The quantitative estimate of drug-likeness (QED) is 0.619. The lowest BCUT2D eigenvalue weighted by Gasteiger charge is -2.40. The second-order valence-electron chi connectivity index (χ2n) is 7.87. The minimum absolute atomic E-state index is 0.169. The van der Waals surface area contributed by atoms with Gasteiger partial charge in [-0.3, -0.25) is 19.4 Å². The standard InChI is InChI=1S/C21H36N4O3/c1-6-24(7-2)12-11-22(4)21(28)25(8-3)20(27)17-13-16-14-18(26)9-10-19(16)23(5)15-17/h13,17,19H,6-12,14-15H2,1-5H3/t17-,19-/m1/s1. The van der Waals surface area contributed by atoms with Gasteiger partial charge in [-0.1, -0.05) is 19.9 Å². The van der Waals surface area contributed by atoms with E-state index < -0.39 is 0 Å². The van der Waals surface area contributed by atoms with Crippen LogP contribution in [0.1, 0.15) is 40.0 Å². The van der Waals surface area contributed by atoms with Gasteiger partial charge in [0.25, 0.3) is 0 Å². The molecule has 0 aromatic heterocycles. The van der Waals surface area contributed by atoms with Gasteiger partial charge in [-0.25, -0.2) is 4.79 Å². The number of carbonyl (C=O) groups excluding carboxylic acids is 3. The molecule has 0 N–H and O–H groups in total. The van der Waals surface area contributed by atoms with Gasteiger partial charge in [0, 0.05) is 52.1 Å². The van der Waals surface area contributed by atoms with Gasteiger partial charge >= 0.3 is 6.03 Å². The first-order valence-corrected chi connectivity index (χ1v) is 10.5. The lowest BCUT2D eigenvalue weighted by molar-refractivity contribution is -0.132. The Balaban J connectivity index is 2.06. The molecule has 2 rings (SSSR count). The highest BCUT2D eigenvalue weighted by atomic mass is 16.2. The maximum atomic E-state index is 13.1. The van der Waals surface area contributed by atoms with E-state index in [9.17, 15) is 14.4 Å². The molecule has 158 valence electrons. The maximum absolute atomic E-state index is 13.1. The van der Waals surface area contributed by atoms with Gasteiger partial charge in [-0.05, 0) is 39.1 Å². The fourth-order valence-corrected chi connectivity index (χ4v) is 4.21. The molecule has 1 fully saturated rings. The number of rotatable bonds is 7. The molecular formula is C21H36N4O3. The van der Waals surface area contributed by atoms with E-state index in [0.717, 1.165) is 31.6 Å². The molecule has 3 amide bonds. The summed E-state index contributed by atoms with van der Waals surface area (Å²) in [5, 5.41) is 0. The molecule has 0 bridgehead atoms. The molecule has 1 heterocycles. The predicted octanol–water partition coefficient (Wildman–Crippen LogP) is 1.84. The Morgan fingerprint density at radius 3 is 2.43 bits per heavy atom. The van der Waals surface area contributed by atoms with Crippen LogP contribution in [-0.4, -0.2) is 96.7 Å². The highest BCUT2D eigenvalue weighted by Crippen LogP contribution is 2.31. The normalized spacial score (nSPS) is 22.6. The predicted molar refractivity (Wildman–Crippen MR) is 110 cm³/mol. The van der Waals surface area contributed by atoms with Crippen molar-refractivity contribution in [3.63, 3.8) is 0 Å². The molecule has 0 aromatic carbocycles. The Morgan fingerprint density at radius 2 is 1.82 bits per heavy atom. The van der Waals surface area contributed by atoms with Crippen LogP contribution in [0.4, 0.5) is 4.79 Å². The van der Waals surface area contributed by atoms with Gasteiger partial charge in [-0.2, -0.15) is 0 Å². The smallest absolute Gasteiger partial charge is 0.326 e. The fourth-order valence-electron chi connectivity index (χ4n) is 4.21. The fraction of sp³-hybridized carbons (Fsp3) is 0.762. The van der Waals surface area contributed by atoms with Crippen molar-refractivity contribution in [2.75, 3.05) is 53.4 Å².